The molecule has 2 aromatic rings. The number of benzene rings is 1. The Morgan fingerprint density at radius 3 is 2.95 bits per heavy atom. The predicted molar refractivity (Wildman–Crippen MR) is 74.4 cm³/mol. The monoisotopic (exact) mass is 272 g/mol. The van der Waals surface area contributed by atoms with Crippen LogP contribution in [0.1, 0.15) is 11.1 Å². The molecule has 0 fully saturated rings. The number of amides is 1. The lowest BCUT2D eigenvalue weighted by Crippen LogP contribution is -2.15. The summed E-state index contributed by atoms with van der Waals surface area (Å²) in [5.41, 5.74) is 1.77. The van der Waals surface area contributed by atoms with Crippen molar-refractivity contribution in [3.63, 3.8) is 0 Å². The zero-order chi connectivity index (χ0) is 13.7. The van der Waals surface area contributed by atoms with Crippen LogP contribution in [0.4, 0.5) is 5.69 Å². The number of hydrogen-bond donors (Lipinski definition) is 1. The van der Waals surface area contributed by atoms with E-state index in [-0.39, 0.29) is 12.3 Å². The number of methoxy groups -OCH3 is 1. The number of thiophene rings is 1. The molecule has 0 spiro atoms. The molecule has 96 valence electrons. The van der Waals surface area contributed by atoms with Crippen LogP contribution in [0.15, 0.2) is 35.0 Å². The lowest BCUT2D eigenvalue weighted by Gasteiger charge is -2.11. The Morgan fingerprint density at radius 1 is 1.47 bits per heavy atom. The molecule has 0 atom stereocenters. The van der Waals surface area contributed by atoms with Crippen LogP contribution in [-0.4, -0.2) is 13.0 Å². The van der Waals surface area contributed by atoms with E-state index in [1.807, 2.05) is 22.9 Å². The fourth-order valence-electron chi connectivity index (χ4n) is 1.69. The Bertz CT molecular complexity index is 615. The molecule has 1 aromatic heterocycles. The number of hydrogen-bond acceptors (Lipinski definition) is 4. The van der Waals surface area contributed by atoms with E-state index >= 15 is 0 Å². The Morgan fingerprint density at radius 2 is 2.32 bits per heavy atom. The third kappa shape index (κ3) is 3.12. The second-order valence-electron chi connectivity index (χ2n) is 3.85. The molecule has 1 amide bonds. The van der Waals surface area contributed by atoms with Gasteiger partial charge in [-0.2, -0.15) is 16.6 Å². The van der Waals surface area contributed by atoms with E-state index < -0.39 is 0 Å². The molecule has 1 aromatic carbocycles. The predicted octanol–water partition coefficient (Wildman–Crippen LogP) is 2.81. The number of ether oxygens (including phenoxy) is 1. The molecule has 19 heavy (non-hydrogen) atoms. The molecule has 1 heterocycles. The van der Waals surface area contributed by atoms with Crippen molar-refractivity contribution in [2.75, 3.05) is 12.4 Å². The van der Waals surface area contributed by atoms with Gasteiger partial charge in [0.1, 0.15) is 17.5 Å². The zero-order valence-electron chi connectivity index (χ0n) is 10.3. The van der Waals surface area contributed by atoms with E-state index in [9.17, 15) is 4.79 Å². The molecule has 2 rings (SSSR count). The topological polar surface area (TPSA) is 62.1 Å². The molecule has 4 nitrogen and oxygen atoms in total. The first-order valence-electron chi connectivity index (χ1n) is 5.62. The van der Waals surface area contributed by atoms with Crippen molar-refractivity contribution < 1.29 is 9.53 Å². The number of carbonyl (C=O) groups excluding carboxylic acids is 1. The van der Waals surface area contributed by atoms with Crippen LogP contribution >= 0.6 is 11.3 Å². The molecular formula is C14H12N2O2S. The molecule has 0 saturated heterocycles. The molecule has 0 saturated carbocycles. The van der Waals surface area contributed by atoms with Gasteiger partial charge in [0.25, 0.3) is 0 Å². The molecule has 0 aliphatic rings. The Labute approximate surface area is 115 Å². The number of nitriles is 1. The van der Waals surface area contributed by atoms with Crippen LogP contribution in [0.25, 0.3) is 0 Å². The second kappa shape index (κ2) is 6.03. The molecule has 0 aliphatic heterocycles. The van der Waals surface area contributed by atoms with Crippen LogP contribution < -0.4 is 10.1 Å². The maximum Gasteiger partial charge on any atom is 0.228 e. The van der Waals surface area contributed by atoms with Gasteiger partial charge in [0.15, 0.2) is 0 Å². The zero-order valence-corrected chi connectivity index (χ0v) is 11.2. The van der Waals surface area contributed by atoms with Gasteiger partial charge in [-0.1, -0.05) is 6.07 Å². The van der Waals surface area contributed by atoms with E-state index in [2.05, 4.69) is 5.32 Å². The lowest BCUT2D eigenvalue weighted by molar-refractivity contribution is -0.115. The van der Waals surface area contributed by atoms with Gasteiger partial charge in [0, 0.05) is 0 Å². The average molecular weight is 272 g/mol. The third-order valence-corrected chi connectivity index (χ3v) is 3.31. The summed E-state index contributed by atoms with van der Waals surface area (Å²) in [4.78, 5) is 11.9. The van der Waals surface area contributed by atoms with Crippen molar-refractivity contribution in [3.05, 3.63) is 46.2 Å². The minimum Gasteiger partial charge on any atom is -0.495 e. The Kier molecular flexibility index (Phi) is 4.16. The smallest absolute Gasteiger partial charge is 0.228 e. The van der Waals surface area contributed by atoms with Crippen LogP contribution in [0.2, 0.25) is 0 Å². The van der Waals surface area contributed by atoms with Gasteiger partial charge in [-0.15, -0.1) is 0 Å². The summed E-state index contributed by atoms with van der Waals surface area (Å²) in [6.07, 6.45) is 0.284. The van der Waals surface area contributed by atoms with E-state index in [0.717, 1.165) is 5.56 Å². The van der Waals surface area contributed by atoms with Crippen LogP contribution in [-0.2, 0) is 11.2 Å². The van der Waals surface area contributed by atoms with Crippen LogP contribution in [0.5, 0.6) is 5.75 Å². The molecular weight excluding hydrogens is 260 g/mol. The summed E-state index contributed by atoms with van der Waals surface area (Å²) in [5.74, 6) is 0.317. The number of rotatable bonds is 4. The standard InChI is InChI=1S/C14H12N2O2S/c1-18-12-4-2-3-11(8-15)14(12)16-13(17)7-10-5-6-19-9-10/h2-6,9H,7H2,1H3,(H,16,17). The summed E-state index contributed by atoms with van der Waals surface area (Å²) < 4.78 is 5.16. The van der Waals surface area contributed by atoms with Crippen molar-refractivity contribution >= 4 is 22.9 Å². The van der Waals surface area contributed by atoms with Crippen LogP contribution in [0, 0.1) is 11.3 Å². The SMILES string of the molecule is COc1cccc(C#N)c1NC(=O)Cc1ccsc1. The van der Waals surface area contributed by atoms with Gasteiger partial charge < -0.3 is 10.1 Å². The van der Waals surface area contributed by atoms with Crippen molar-refractivity contribution in [1.82, 2.24) is 0 Å². The van der Waals surface area contributed by atoms with Crippen molar-refractivity contribution in [2.45, 2.75) is 6.42 Å². The van der Waals surface area contributed by atoms with E-state index in [0.29, 0.717) is 17.0 Å². The average Bonchev–Trinajstić information content (AvgIpc) is 2.91. The first-order chi connectivity index (χ1) is 9.24. The van der Waals surface area contributed by atoms with Crippen molar-refractivity contribution in [1.29, 1.82) is 5.26 Å². The van der Waals surface area contributed by atoms with Gasteiger partial charge in [0.2, 0.25) is 5.91 Å². The number of nitrogens with one attached hydrogen (secondary N) is 1. The van der Waals surface area contributed by atoms with Gasteiger partial charge >= 0.3 is 0 Å². The maximum atomic E-state index is 11.9. The van der Waals surface area contributed by atoms with Gasteiger partial charge in [-0.25, -0.2) is 0 Å². The fourth-order valence-corrected chi connectivity index (χ4v) is 2.35. The maximum absolute atomic E-state index is 11.9. The quantitative estimate of drug-likeness (QED) is 0.931. The first-order valence-corrected chi connectivity index (χ1v) is 6.57. The molecule has 0 aliphatic carbocycles. The van der Waals surface area contributed by atoms with Crippen LogP contribution in [0.3, 0.4) is 0 Å². The highest BCUT2D eigenvalue weighted by Gasteiger charge is 2.12. The highest BCUT2D eigenvalue weighted by molar-refractivity contribution is 7.08. The third-order valence-electron chi connectivity index (χ3n) is 2.58. The number of para-hydroxylation sites is 1. The van der Waals surface area contributed by atoms with Gasteiger partial charge in [-0.3, -0.25) is 4.79 Å². The van der Waals surface area contributed by atoms with Gasteiger partial charge in [0.05, 0.1) is 19.1 Å². The summed E-state index contributed by atoms with van der Waals surface area (Å²) in [5, 5.41) is 15.6. The summed E-state index contributed by atoms with van der Waals surface area (Å²) >= 11 is 1.55. The summed E-state index contributed by atoms with van der Waals surface area (Å²) in [7, 11) is 1.50. The Hall–Kier alpha value is -2.32. The highest BCUT2D eigenvalue weighted by atomic mass is 32.1. The largest absolute Gasteiger partial charge is 0.495 e. The molecule has 0 radical (unpaired) electrons. The lowest BCUT2D eigenvalue weighted by atomic mass is 10.1. The summed E-state index contributed by atoms with van der Waals surface area (Å²) in [6, 6.07) is 9.01. The van der Waals surface area contributed by atoms with E-state index in [4.69, 9.17) is 10.00 Å². The Balaban J connectivity index is 2.18. The highest BCUT2D eigenvalue weighted by Crippen LogP contribution is 2.27. The van der Waals surface area contributed by atoms with E-state index in [1.165, 1.54) is 7.11 Å². The normalized spacial score (nSPS) is 9.68. The summed E-state index contributed by atoms with van der Waals surface area (Å²) in [6.45, 7) is 0. The number of anilines is 1. The minimum absolute atomic E-state index is 0.167. The number of carbonyl (C=O) groups is 1. The first kappa shape index (κ1) is 13.1. The van der Waals surface area contributed by atoms with Crippen molar-refractivity contribution in [3.8, 4) is 11.8 Å². The van der Waals surface area contributed by atoms with E-state index in [1.54, 1.807) is 29.5 Å². The molecule has 5 heteroatoms. The van der Waals surface area contributed by atoms with Gasteiger partial charge in [-0.05, 0) is 34.5 Å². The molecule has 1 N–H and O–H groups in total. The fraction of sp³-hybridized carbons (Fsp3) is 0.143. The molecule has 0 unspecified atom stereocenters. The number of nitrogens with zero attached hydrogens (tertiary/aromatic N) is 1. The molecule has 0 bridgehead atoms. The minimum atomic E-state index is -0.167. The van der Waals surface area contributed by atoms with Crippen molar-refractivity contribution in [2.24, 2.45) is 0 Å². The second-order valence-corrected chi connectivity index (χ2v) is 4.63.